The van der Waals surface area contributed by atoms with Crippen molar-refractivity contribution in [1.82, 2.24) is 0 Å². The van der Waals surface area contributed by atoms with Crippen LogP contribution in [0.4, 0.5) is 5.69 Å². The topological polar surface area (TPSA) is 43.7 Å². The van der Waals surface area contributed by atoms with Crippen LogP contribution in [0.3, 0.4) is 0 Å². The van der Waals surface area contributed by atoms with E-state index in [-0.39, 0.29) is 6.61 Å². The van der Waals surface area contributed by atoms with Crippen LogP contribution in [-0.4, -0.2) is 28.9 Å². The van der Waals surface area contributed by atoms with Crippen LogP contribution < -0.4 is 4.90 Å². The Kier molecular flexibility index (Phi) is 3.76. The minimum absolute atomic E-state index is 0.0511. The average molecular weight is 300 g/mol. The van der Waals surface area contributed by atoms with Crippen LogP contribution in [0.2, 0.25) is 0 Å². The molecule has 17 heavy (non-hydrogen) atoms. The first-order valence-electron chi connectivity index (χ1n) is 5.88. The molecule has 0 amide bonds. The summed E-state index contributed by atoms with van der Waals surface area (Å²) in [6.45, 7) is 3.60. The molecule has 0 unspecified atom stereocenters. The van der Waals surface area contributed by atoms with E-state index < -0.39 is 5.60 Å². The number of halogens is 1. The number of hydrogen-bond donors (Lipinski definition) is 2. The summed E-state index contributed by atoms with van der Waals surface area (Å²) in [5.74, 6) is 0. The first-order chi connectivity index (χ1) is 8.02. The number of benzene rings is 1. The van der Waals surface area contributed by atoms with Crippen LogP contribution >= 0.6 is 15.9 Å². The Morgan fingerprint density at radius 2 is 2.00 bits per heavy atom. The van der Waals surface area contributed by atoms with Crippen LogP contribution in [0.15, 0.2) is 22.7 Å². The van der Waals surface area contributed by atoms with Crippen LogP contribution in [0.1, 0.15) is 25.3 Å². The van der Waals surface area contributed by atoms with Crippen molar-refractivity contribution in [3.63, 3.8) is 0 Å². The molecule has 0 spiro atoms. The molecule has 1 aromatic carbocycles. The summed E-state index contributed by atoms with van der Waals surface area (Å²) < 4.78 is 1.02. The van der Waals surface area contributed by atoms with Gasteiger partial charge in [-0.15, -0.1) is 0 Å². The van der Waals surface area contributed by atoms with E-state index in [0.717, 1.165) is 41.7 Å². The van der Waals surface area contributed by atoms with Gasteiger partial charge in [0.05, 0.1) is 12.2 Å². The van der Waals surface area contributed by atoms with Gasteiger partial charge in [-0.3, -0.25) is 0 Å². The number of hydrogen-bond acceptors (Lipinski definition) is 3. The van der Waals surface area contributed by atoms with Crippen LogP contribution in [-0.2, 0) is 6.61 Å². The second kappa shape index (κ2) is 4.96. The van der Waals surface area contributed by atoms with Gasteiger partial charge in [0, 0.05) is 28.8 Å². The summed E-state index contributed by atoms with van der Waals surface area (Å²) >= 11 is 3.46. The predicted molar refractivity (Wildman–Crippen MR) is 72.1 cm³/mol. The SMILES string of the molecule is CC1(O)CCN(c2cc(Br)ccc2CO)CC1. The largest absolute Gasteiger partial charge is 0.392 e. The molecule has 3 nitrogen and oxygen atoms in total. The van der Waals surface area contributed by atoms with Gasteiger partial charge in [-0.05, 0) is 31.9 Å². The highest BCUT2D eigenvalue weighted by Crippen LogP contribution is 2.30. The van der Waals surface area contributed by atoms with Gasteiger partial charge < -0.3 is 15.1 Å². The van der Waals surface area contributed by atoms with Gasteiger partial charge >= 0.3 is 0 Å². The number of anilines is 1. The third kappa shape index (κ3) is 3.00. The molecule has 2 rings (SSSR count). The average Bonchev–Trinajstić information content (AvgIpc) is 2.29. The molecule has 1 aliphatic heterocycles. The molecule has 0 radical (unpaired) electrons. The Morgan fingerprint density at radius 3 is 2.59 bits per heavy atom. The summed E-state index contributed by atoms with van der Waals surface area (Å²) in [7, 11) is 0. The van der Waals surface area contributed by atoms with Crippen LogP contribution in [0.5, 0.6) is 0 Å². The van der Waals surface area contributed by atoms with E-state index >= 15 is 0 Å². The maximum absolute atomic E-state index is 9.93. The summed E-state index contributed by atoms with van der Waals surface area (Å²) in [4.78, 5) is 2.23. The zero-order chi connectivity index (χ0) is 12.5. The normalized spacial score (nSPS) is 19.4. The summed E-state index contributed by atoms with van der Waals surface area (Å²) in [6, 6.07) is 5.91. The Balaban J connectivity index is 2.20. The summed E-state index contributed by atoms with van der Waals surface area (Å²) in [6.07, 6.45) is 1.54. The van der Waals surface area contributed by atoms with Gasteiger partial charge in [-0.25, -0.2) is 0 Å². The number of piperidine rings is 1. The lowest BCUT2D eigenvalue weighted by atomic mass is 9.93. The quantitative estimate of drug-likeness (QED) is 0.881. The van der Waals surface area contributed by atoms with Crippen molar-refractivity contribution in [3.8, 4) is 0 Å². The third-order valence-corrected chi connectivity index (χ3v) is 3.89. The monoisotopic (exact) mass is 299 g/mol. The molecular weight excluding hydrogens is 282 g/mol. The molecule has 1 fully saturated rings. The number of aliphatic hydroxyl groups excluding tert-OH is 1. The number of rotatable bonds is 2. The van der Waals surface area contributed by atoms with E-state index in [1.54, 1.807) is 0 Å². The van der Waals surface area contributed by atoms with Gasteiger partial charge in [0.25, 0.3) is 0 Å². The van der Waals surface area contributed by atoms with E-state index in [1.165, 1.54) is 0 Å². The van der Waals surface area contributed by atoms with E-state index in [1.807, 2.05) is 25.1 Å². The molecule has 2 N–H and O–H groups in total. The molecule has 1 aliphatic rings. The summed E-state index contributed by atoms with van der Waals surface area (Å²) in [5, 5.41) is 19.3. The highest BCUT2D eigenvalue weighted by atomic mass is 79.9. The molecule has 94 valence electrons. The van der Waals surface area contributed by atoms with Crippen molar-refractivity contribution in [3.05, 3.63) is 28.2 Å². The van der Waals surface area contributed by atoms with Gasteiger partial charge in [-0.2, -0.15) is 0 Å². The lowest BCUT2D eigenvalue weighted by Crippen LogP contribution is -2.42. The molecule has 0 atom stereocenters. The first-order valence-corrected chi connectivity index (χ1v) is 6.68. The highest BCUT2D eigenvalue weighted by Gasteiger charge is 2.28. The molecule has 4 heteroatoms. The Bertz CT molecular complexity index is 396. The fourth-order valence-corrected chi connectivity index (χ4v) is 2.54. The van der Waals surface area contributed by atoms with Crippen molar-refractivity contribution in [2.75, 3.05) is 18.0 Å². The molecule has 0 bridgehead atoms. The number of nitrogens with zero attached hydrogens (tertiary/aromatic N) is 1. The van der Waals surface area contributed by atoms with Crippen molar-refractivity contribution < 1.29 is 10.2 Å². The van der Waals surface area contributed by atoms with Gasteiger partial charge in [0.1, 0.15) is 0 Å². The predicted octanol–water partition coefficient (Wildman–Crippen LogP) is 2.29. The molecule has 1 aromatic rings. The van der Waals surface area contributed by atoms with Gasteiger partial charge in [0.2, 0.25) is 0 Å². The van der Waals surface area contributed by atoms with Crippen molar-refractivity contribution >= 4 is 21.6 Å². The van der Waals surface area contributed by atoms with Crippen LogP contribution in [0, 0.1) is 0 Å². The lowest BCUT2D eigenvalue weighted by molar-refractivity contribution is 0.0351. The molecule has 0 aliphatic carbocycles. The Morgan fingerprint density at radius 1 is 1.35 bits per heavy atom. The van der Waals surface area contributed by atoms with Crippen molar-refractivity contribution in [2.24, 2.45) is 0 Å². The molecular formula is C13H18BrNO2. The third-order valence-electron chi connectivity index (χ3n) is 3.40. The zero-order valence-corrected chi connectivity index (χ0v) is 11.6. The zero-order valence-electron chi connectivity index (χ0n) is 9.99. The smallest absolute Gasteiger partial charge is 0.0702 e. The van der Waals surface area contributed by atoms with Crippen molar-refractivity contribution in [2.45, 2.75) is 32.0 Å². The molecule has 0 aromatic heterocycles. The van der Waals surface area contributed by atoms with Crippen molar-refractivity contribution in [1.29, 1.82) is 0 Å². The molecule has 1 heterocycles. The molecule has 1 saturated heterocycles. The minimum Gasteiger partial charge on any atom is -0.392 e. The second-order valence-corrected chi connectivity index (χ2v) is 5.83. The first kappa shape index (κ1) is 12.9. The fraction of sp³-hybridized carbons (Fsp3) is 0.538. The Hall–Kier alpha value is -0.580. The van der Waals surface area contributed by atoms with E-state index in [9.17, 15) is 10.2 Å². The van der Waals surface area contributed by atoms with E-state index in [0.29, 0.717) is 0 Å². The number of aliphatic hydroxyl groups is 2. The van der Waals surface area contributed by atoms with Gasteiger partial charge in [0.15, 0.2) is 0 Å². The maximum Gasteiger partial charge on any atom is 0.0702 e. The van der Waals surface area contributed by atoms with E-state index in [2.05, 4.69) is 20.8 Å². The van der Waals surface area contributed by atoms with E-state index in [4.69, 9.17) is 0 Å². The minimum atomic E-state index is -0.540. The fourth-order valence-electron chi connectivity index (χ4n) is 2.19. The lowest BCUT2D eigenvalue weighted by Gasteiger charge is -2.38. The second-order valence-electron chi connectivity index (χ2n) is 4.92. The standard InChI is InChI=1S/C13H18BrNO2/c1-13(17)4-6-15(7-5-13)12-8-11(14)3-2-10(12)9-16/h2-3,8,16-17H,4-7,9H2,1H3. The highest BCUT2D eigenvalue weighted by molar-refractivity contribution is 9.10. The summed E-state index contributed by atoms with van der Waals surface area (Å²) in [5.41, 5.74) is 1.47. The molecule has 0 saturated carbocycles. The van der Waals surface area contributed by atoms with Gasteiger partial charge in [-0.1, -0.05) is 22.0 Å². The maximum atomic E-state index is 9.93. The Labute approximate surface area is 110 Å². The van der Waals surface area contributed by atoms with Crippen LogP contribution in [0.25, 0.3) is 0 Å².